The largest absolute Gasteiger partial charge is 0.292 e. The highest BCUT2D eigenvalue weighted by atomic mass is 15.0. The average Bonchev–Trinajstić information content (AvgIpc) is 4.28. The van der Waals surface area contributed by atoms with E-state index in [1.54, 1.807) is 0 Å². The van der Waals surface area contributed by atoms with E-state index in [1.807, 2.05) is 30.6 Å². The van der Waals surface area contributed by atoms with Gasteiger partial charge in [0, 0.05) is 66.6 Å². The second-order valence-corrected chi connectivity index (χ2v) is 21.2. The Labute approximate surface area is 469 Å². The van der Waals surface area contributed by atoms with Crippen LogP contribution in [-0.4, -0.2) is 33.7 Å². The van der Waals surface area contributed by atoms with Crippen molar-refractivity contribution in [1.29, 1.82) is 0 Å². The molecular formula is C75H45N7. The molecule has 7 heterocycles. The van der Waals surface area contributed by atoms with Gasteiger partial charge in [0.15, 0.2) is 0 Å². The monoisotopic (exact) mass is 1040 g/mol. The zero-order chi connectivity index (χ0) is 53.8. The lowest BCUT2D eigenvalue weighted by atomic mass is 9.95. The summed E-state index contributed by atoms with van der Waals surface area (Å²) in [5.74, 6) is 0. The molecule has 0 aliphatic carbocycles. The highest BCUT2D eigenvalue weighted by Crippen LogP contribution is 2.41. The first-order chi connectivity index (χ1) is 40.6. The first-order valence-electron chi connectivity index (χ1n) is 27.7. The van der Waals surface area contributed by atoms with Crippen LogP contribution in [0.1, 0.15) is 0 Å². The molecule has 82 heavy (non-hydrogen) atoms. The second kappa shape index (κ2) is 18.2. The van der Waals surface area contributed by atoms with Gasteiger partial charge in [-0.1, -0.05) is 170 Å². The van der Waals surface area contributed by atoms with Crippen LogP contribution in [0, 0.1) is 0 Å². The lowest BCUT2D eigenvalue weighted by molar-refractivity contribution is 1.30. The normalized spacial score (nSPS) is 11.9. The summed E-state index contributed by atoms with van der Waals surface area (Å²) in [6.07, 6.45) is 3.75. The Kier molecular flexibility index (Phi) is 10.2. The van der Waals surface area contributed by atoms with Gasteiger partial charge in [-0.25, -0.2) is 15.0 Å². The number of hydrogen-bond acceptors (Lipinski definition) is 5. The van der Waals surface area contributed by atoms with Gasteiger partial charge in [0.1, 0.15) is 11.3 Å². The molecule has 7 nitrogen and oxygen atoms in total. The van der Waals surface area contributed by atoms with E-state index in [1.165, 1.54) is 49.2 Å². The maximum atomic E-state index is 5.13. The summed E-state index contributed by atoms with van der Waals surface area (Å²) in [7, 11) is 0. The molecular weight excluding hydrogens is 999 g/mol. The number of nitrogens with zero attached hydrogens (tertiary/aromatic N) is 7. The van der Waals surface area contributed by atoms with Crippen LogP contribution in [0.15, 0.2) is 273 Å². The predicted molar refractivity (Wildman–Crippen MR) is 341 cm³/mol. The predicted octanol–water partition coefficient (Wildman–Crippen LogP) is 19.1. The SMILES string of the molecule is c1cc(-c2ccc3ccccc3c2)cc(-c2ccc3c4c(ccc5cccnc54)c4nc5ccccc5n4c3c2)c1.c1cc(-c2ccc3ccccc3c2)nc(-c2ccc3c4c(ccc5cccnc54)c4nc5ccccc5n4c3c2)c1. The van der Waals surface area contributed by atoms with E-state index in [-0.39, 0.29) is 0 Å². The van der Waals surface area contributed by atoms with Crippen LogP contribution in [0.2, 0.25) is 0 Å². The van der Waals surface area contributed by atoms with Crippen LogP contribution in [0.25, 0.3) is 165 Å². The first-order valence-corrected chi connectivity index (χ1v) is 27.7. The second-order valence-electron chi connectivity index (χ2n) is 21.2. The molecule has 0 aliphatic rings. The van der Waals surface area contributed by atoms with Crippen molar-refractivity contribution < 1.29 is 0 Å². The molecule has 0 saturated heterocycles. The van der Waals surface area contributed by atoms with Crippen LogP contribution < -0.4 is 0 Å². The van der Waals surface area contributed by atoms with Gasteiger partial charge >= 0.3 is 0 Å². The number of rotatable bonds is 4. The fourth-order valence-corrected chi connectivity index (χ4v) is 12.7. The minimum atomic E-state index is 0.936. The van der Waals surface area contributed by atoms with Gasteiger partial charge < -0.3 is 0 Å². The lowest BCUT2D eigenvalue weighted by Gasteiger charge is -2.13. The minimum Gasteiger partial charge on any atom is -0.292 e. The average molecular weight is 1040 g/mol. The van der Waals surface area contributed by atoms with E-state index < -0.39 is 0 Å². The Morgan fingerprint density at radius 3 is 1.23 bits per heavy atom. The topological polar surface area (TPSA) is 73.3 Å². The van der Waals surface area contributed by atoms with E-state index in [4.69, 9.17) is 24.9 Å². The van der Waals surface area contributed by atoms with Crippen molar-refractivity contribution >= 4 is 120 Å². The Morgan fingerprint density at radius 2 is 0.646 bits per heavy atom. The number of hydrogen-bond donors (Lipinski definition) is 0. The van der Waals surface area contributed by atoms with Gasteiger partial charge in [-0.05, 0) is 135 Å². The van der Waals surface area contributed by atoms with Crippen LogP contribution in [0.4, 0.5) is 0 Å². The van der Waals surface area contributed by atoms with Crippen molar-refractivity contribution in [3.8, 4) is 44.8 Å². The summed E-state index contributed by atoms with van der Waals surface area (Å²) in [6, 6.07) is 92.5. The summed E-state index contributed by atoms with van der Waals surface area (Å²) in [5, 5.41) is 14.0. The first kappa shape index (κ1) is 45.8. The summed E-state index contributed by atoms with van der Waals surface area (Å²) in [5.41, 5.74) is 19.2. The smallest absolute Gasteiger partial charge is 0.146 e. The number of aromatic nitrogens is 7. The van der Waals surface area contributed by atoms with Crippen molar-refractivity contribution in [2.75, 3.05) is 0 Å². The summed E-state index contributed by atoms with van der Waals surface area (Å²) in [4.78, 5) is 25.0. The van der Waals surface area contributed by atoms with E-state index in [0.29, 0.717) is 0 Å². The fourth-order valence-electron chi connectivity index (χ4n) is 12.7. The molecule has 11 aromatic carbocycles. The number of pyridine rings is 5. The molecule has 380 valence electrons. The third kappa shape index (κ3) is 7.27. The number of benzene rings is 11. The Hall–Kier alpha value is -11.2. The molecule has 0 spiro atoms. The summed E-state index contributed by atoms with van der Waals surface area (Å²) >= 11 is 0. The third-order valence-corrected chi connectivity index (χ3v) is 16.5. The van der Waals surface area contributed by atoms with E-state index in [9.17, 15) is 0 Å². The van der Waals surface area contributed by atoms with Crippen LogP contribution >= 0.6 is 0 Å². The van der Waals surface area contributed by atoms with Crippen LogP contribution in [0.3, 0.4) is 0 Å². The van der Waals surface area contributed by atoms with Crippen molar-refractivity contribution in [3.63, 3.8) is 0 Å². The maximum absolute atomic E-state index is 5.13. The Bertz CT molecular complexity index is 5330. The van der Waals surface area contributed by atoms with Gasteiger partial charge in [0.05, 0.1) is 55.5 Å². The van der Waals surface area contributed by atoms with E-state index >= 15 is 0 Å². The maximum Gasteiger partial charge on any atom is 0.146 e. The van der Waals surface area contributed by atoms with Crippen LogP contribution in [-0.2, 0) is 0 Å². The standard InChI is InChI=1S/C38H23N3.C37H22N4/c1-2-8-26-21-29(15-14-24(26)7-1)27-9-5-10-28(22-27)30-17-18-31-35(23-30)41-34-13-4-3-12-33(34)40-38(41)32-19-16-25-11-6-20-39-37(25)36(31)32;1-2-8-25-21-26(15-14-23(25)7-1)30-11-5-12-31(39-30)27-17-18-28-34(22-27)41-33-13-4-3-10-32(33)40-37(41)29-19-16-24-9-6-20-38-36(24)35(28)29/h1-23H;1-22H. The molecule has 7 aromatic heterocycles. The Morgan fingerprint density at radius 1 is 0.244 bits per heavy atom. The van der Waals surface area contributed by atoms with Crippen LogP contribution in [0.5, 0.6) is 0 Å². The zero-order valence-electron chi connectivity index (χ0n) is 44.1. The quantitative estimate of drug-likeness (QED) is 0.164. The molecule has 0 atom stereocenters. The molecule has 0 unspecified atom stereocenters. The molecule has 0 aliphatic heterocycles. The van der Waals surface area contributed by atoms with E-state index in [2.05, 4.69) is 251 Å². The molecule has 18 rings (SSSR count). The van der Waals surface area contributed by atoms with Gasteiger partial charge in [0.25, 0.3) is 0 Å². The van der Waals surface area contributed by atoms with Gasteiger partial charge in [0.2, 0.25) is 0 Å². The number of para-hydroxylation sites is 4. The lowest BCUT2D eigenvalue weighted by Crippen LogP contribution is -1.95. The highest BCUT2D eigenvalue weighted by Gasteiger charge is 2.20. The van der Waals surface area contributed by atoms with Gasteiger partial charge in [-0.3, -0.25) is 18.8 Å². The Balaban J connectivity index is 0.000000130. The van der Waals surface area contributed by atoms with Gasteiger partial charge in [-0.2, -0.15) is 0 Å². The molecule has 0 saturated carbocycles. The molecule has 0 N–H and O–H groups in total. The molecule has 0 radical (unpaired) electrons. The number of fused-ring (bicyclic) bond motifs is 22. The highest BCUT2D eigenvalue weighted by molar-refractivity contribution is 6.24. The van der Waals surface area contributed by atoms with Crippen molar-refractivity contribution in [3.05, 3.63) is 273 Å². The fraction of sp³-hybridized carbons (Fsp3) is 0. The van der Waals surface area contributed by atoms with Crippen molar-refractivity contribution in [1.82, 2.24) is 33.7 Å². The zero-order valence-corrected chi connectivity index (χ0v) is 44.1. The molecule has 0 fully saturated rings. The summed E-state index contributed by atoms with van der Waals surface area (Å²) < 4.78 is 4.61. The third-order valence-electron chi connectivity index (χ3n) is 16.5. The van der Waals surface area contributed by atoms with Crippen molar-refractivity contribution in [2.24, 2.45) is 0 Å². The van der Waals surface area contributed by atoms with Gasteiger partial charge in [-0.15, -0.1) is 0 Å². The molecule has 7 heteroatoms. The minimum absolute atomic E-state index is 0.936. The van der Waals surface area contributed by atoms with E-state index in [0.717, 1.165) is 116 Å². The molecule has 0 amide bonds. The summed E-state index contributed by atoms with van der Waals surface area (Å²) in [6.45, 7) is 0. The van der Waals surface area contributed by atoms with Crippen molar-refractivity contribution in [2.45, 2.75) is 0 Å². The molecule has 0 bridgehead atoms. The molecule has 18 aromatic rings. The number of imidazole rings is 2.